The molecule has 0 aromatic heterocycles. The number of rotatable bonds is 2. The van der Waals surface area contributed by atoms with Gasteiger partial charge in [0.25, 0.3) is 5.91 Å². The van der Waals surface area contributed by atoms with Gasteiger partial charge in [-0.15, -0.1) is 0 Å². The highest BCUT2D eigenvalue weighted by atomic mass is 16.1. The summed E-state index contributed by atoms with van der Waals surface area (Å²) in [6.07, 6.45) is 0. The Balaban J connectivity index is 2.22. The van der Waals surface area contributed by atoms with E-state index in [-0.39, 0.29) is 5.91 Å². The molecule has 18 heavy (non-hydrogen) atoms. The van der Waals surface area contributed by atoms with E-state index < -0.39 is 0 Å². The molecule has 1 amide bonds. The zero-order valence-corrected chi connectivity index (χ0v) is 10.5. The molecule has 2 rings (SSSR count). The maximum atomic E-state index is 12.1. The first-order valence-corrected chi connectivity index (χ1v) is 5.81. The van der Waals surface area contributed by atoms with Crippen LogP contribution in [0.25, 0.3) is 0 Å². The standard InChI is InChI=1S/C15H16N2O/c1-10-4-3-5-14(11(10)2)15(18)17-13-8-6-12(16)7-9-13/h3-9H,16H2,1-2H3,(H,17,18). The molecule has 3 heteroatoms. The van der Waals surface area contributed by atoms with Crippen molar-refractivity contribution in [2.75, 3.05) is 11.1 Å². The molecule has 0 aliphatic heterocycles. The minimum Gasteiger partial charge on any atom is -0.399 e. The van der Waals surface area contributed by atoms with Gasteiger partial charge in [0.15, 0.2) is 0 Å². The number of anilines is 2. The number of amides is 1. The SMILES string of the molecule is Cc1cccc(C(=O)Nc2ccc(N)cc2)c1C. The summed E-state index contributed by atoms with van der Waals surface area (Å²) in [5.41, 5.74) is 9.84. The van der Waals surface area contributed by atoms with E-state index in [4.69, 9.17) is 5.73 Å². The minimum atomic E-state index is -0.0963. The predicted molar refractivity (Wildman–Crippen MR) is 74.7 cm³/mol. The van der Waals surface area contributed by atoms with E-state index in [1.807, 2.05) is 32.0 Å². The second-order valence-electron chi connectivity index (χ2n) is 4.32. The molecule has 0 spiro atoms. The lowest BCUT2D eigenvalue weighted by Gasteiger charge is -2.09. The van der Waals surface area contributed by atoms with Crippen molar-refractivity contribution in [1.29, 1.82) is 0 Å². The van der Waals surface area contributed by atoms with Crippen molar-refractivity contribution in [2.24, 2.45) is 0 Å². The van der Waals surface area contributed by atoms with Crippen LogP contribution in [0.2, 0.25) is 0 Å². The lowest BCUT2D eigenvalue weighted by molar-refractivity contribution is 0.102. The van der Waals surface area contributed by atoms with Crippen LogP contribution in [0, 0.1) is 13.8 Å². The molecule has 0 atom stereocenters. The number of hydrogen-bond acceptors (Lipinski definition) is 2. The van der Waals surface area contributed by atoms with E-state index in [0.717, 1.165) is 16.8 Å². The maximum absolute atomic E-state index is 12.1. The van der Waals surface area contributed by atoms with E-state index >= 15 is 0 Å². The lowest BCUT2D eigenvalue weighted by Crippen LogP contribution is -2.13. The molecule has 2 aromatic rings. The quantitative estimate of drug-likeness (QED) is 0.792. The largest absolute Gasteiger partial charge is 0.399 e. The topological polar surface area (TPSA) is 55.1 Å². The Morgan fingerprint density at radius 1 is 1.06 bits per heavy atom. The van der Waals surface area contributed by atoms with Crippen LogP contribution >= 0.6 is 0 Å². The van der Waals surface area contributed by atoms with E-state index in [1.165, 1.54) is 0 Å². The summed E-state index contributed by atoms with van der Waals surface area (Å²) in [5.74, 6) is -0.0963. The fraction of sp³-hybridized carbons (Fsp3) is 0.133. The zero-order chi connectivity index (χ0) is 13.1. The van der Waals surface area contributed by atoms with Gasteiger partial charge in [0, 0.05) is 16.9 Å². The van der Waals surface area contributed by atoms with Gasteiger partial charge < -0.3 is 11.1 Å². The molecule has 0 heterocycles. The third kappa shape index (κ3) is 2.51. The molecule has 2 aromatic carbocycles. The van der Waals surface area contributed by atoms with Gasteiger partial charge in [-0.2, -0.15) is 0 Å². The van der Waals surface area contributed by atoms with Crippen LogP contribution in [0.15, 0.2) is 42.5 Å². The van der Waals surface area contributed by atoms with Gasteiger partial charge in [0.1, 0.15) is 0 Å². The molecule has 0 unspecified atom stereocenters. The first-order valence-electron chi connectivity index (χ1n) is 5.81. The Kier molecular flexibility index (Phi) is 3.33. The Hall–Kier alpha value is -2.29. The van der Waals surface area contributed by atoms with Crippen molar-refractivity contribution >= 4 is 17.3 Å². The third-order valence-electron chi connectivity index (χ3n) is 3.02. The summed E-state index contributed by atoms with van der Waals surface area (Å²) in [5, 5.41) is 2.86. The fourth-order valence-electron chi connectivity index (χ4n) is 1.76. The normalized spacial score (nSPS) is 10.1. The first-order chi connectivity index (χ1) is 8.58. The van der Waals surface area contributed by atoms with Gasteiger partial charge in [-0.25, -0.2) is 0 Å². The number of nitrogen functional groups attached to an aromatic ring is 1. The highest BCUT2D eigenvalue weighted by molar-refractivity contribution is 6.05. The van der Waals surface area contributed by atoms with Crippen LogP contribution in [0.5, 0.6) is 0 Å². The van der Waals surface area contributed by atoms with Crippen molar-refractivity contribution in [3.8, 4) is 0 Å². The van der Waals surface area contributed by atoms with Crippen molar-refractivity contribution in [1.82, 2.24) is 0 Å². The molecule has 0 aliphatic rings. The van der Waals surface area contributed by atoms with Gasteiger partial charge in [-0.3, -0.25) is 4.79 Å². The monoisotopic (exact) mass is 240 g/mol. The summed E-state index contributed by atoms with van der Waals surface area (Å²) in [6, 6.07) is 12.8. The van der Waals surface area contributed by atoms with E-state index in [1.54, 1.807) is 24.3 Å². The number of hydrogen-bond donors (Lipinski definition) is 2. The summed E-state index contributed by atoms with van der Waals surface area (Å²) in [7, 11) is 0. The van der Waals surface area contributed by atoms with E-state index in [0.29, 0.717) is 11.3 Å². The molecule has 0 bridgehead atoms. The molecule has 3 nitrogen and oxygen atoms in total. The van der Waals surface area contributed by atoms with Crippen LogP contribution in [-0.2, 0) is 0 Å². The molecule has 92 valence electrons. The number of nitrogens with two attached hydrogens (primary N) is 1. The summed E-state index contributed by atoms with van der Waals surface area (Å²) in [6.45, 7) is 3.95. The second kappa shape index (κ2) is 4.92. The molecule has 0 fully saturated rings. The van der Waals surface area contributed by atoms with Gasteiger partial charge >= 0.3 is 0 Å². The maximum Gasteiger partial charge on any atom is 0.255 e. The summed E-state index contributed by atoms with van der Waals surface area (Å²) >= 11 is 0. The number of nitrogens with one attached hydrogen (secondary N) is 1. The predicted octanol–water partition coefficient (Wildman–Crippen LogP) is 3.14. The number of carbonyl (C=O) groups is 1. The smallest absolute Gasteiger partial charge is 0.255 e. The Morgan fingerprint density at radius 3 is 2.39 bits per heavy atom. The van der Waals surface area contributed by atoms with Gasteiger partial charge in [0.2, 0.25) is 0 Å². The van der Waals surface area contributed by atoms with Crippen molar-refractivity contribution in [3.05, 3.63) is 59.2 Å². The van der Waals surface area contributed by atoms with Crippen LogP contribution in [0.4, 0.5) is 11.4 Å². The highest BCUT2D eigenvalue weighted by Gasteiger charge is 2.09. The number of carbonyl (C=O) groups excluding carboxylic acids is 1. The molecular formula is C15H16N2O. The van der Waals surface area contributed by atoms with E-state index in [2.05, 4.69) is 5.32 Å². The third-order valence-corrected chi connectivity index (χ3v) is 3.02. The zero-order valence-electron chi connectivity index (χ0n) is 10.5. The summed E-state index contributed by atoms with van der Waals surface area (Å²) < 4.78 is 0. The van der Waals surface area contributed by atoms with Crippen LogP contribution in [0.1, 0.15) is 21.5 Å². The van der Waals surface area contributed by atoms with Crippen molar-refractivity contribution in [3.63, 3.8) is 0 Å². The van der Waals surface area contributed by atoms with Crippen molar-refractivity contribution < 1.29 is 4.79 Å². The molecule has 0 aliphatic carbocycles. The van der Waals surface area contributed by atoms with Crippen molar-refractivity contribution in [2.45, 2.75) is 13.8 Å². The van der Waals surface area contributed by atoms with E-state index in [9.17, 15) is 4.79 Å². The number of aryl methyl sites for hydroxylation is 1. The Labute approximate surface area is 107 Å². The lowest BCUT2D eigenvalue weighted by atomic mass is 10.0. The Bertz CT molecular complexity index is 574. The molecular weight excluding hydrogens is 224 g/mol. The fourth-order valence-corrected chi connectivity index (χ4v) is 1.76. The van der Waals surface area contributed by atoms with Crippen LogP contribution in [0.3, 0.4) is 0 Å². The molecule has 0 saturated heterocycles. The van der Waals surface area contributed by atoms with Crippen LogP contribution < -0.4 is 11.1 Å². The Morgan fingerprint density at radius 2 is 1.72 bits per heavy atom. The average molecular weight is 240 g/mol. The van der Waals surface area contributed by atoms with Gasteiger partial charge in [0.05, 0.1) is 0 Å². The number of benzene rings is 2. The summed E-state index contributed by atoms with van der Waals surface area (Å²) in [4.78, 5) is 12.1. The molecule has 3 N–H and O–H groups in total. The van der Waals surface area contributed by atoms with Crippen LogP contribution in [-0.4, -0.2) is 5.91 Å². The molecule has 0 saturated carbocycles. The minimum absolute atomic E-state index is 0.0963. The van der Waals surface area contributed by atoms with Gasteiger partial charge in [-0.1, -0.05) is 12.1 Å². The second-order valence-corrected chi connectivity index (χ2v) is 4.32. The first kappa shape index (κ1) is 12.2. The van der Waals surface area contributed by atoms with Gasteiger partial charge in [-0.05, 0) is 55.3 Å². The highest BCUT2D eigenvalue weighted by Crippen LogP contribution is 2.16. The molecule has 0 radical (unpaired) electrons. The average Bonchev–Trinajstić information content (AvgIpc) is 2.35.